The van der Waals surface area contributed by atoms with E-state index in [1.807, 2.05) is 6.92 Å². The van der Waals surface area contributed by atoms with Gasteiger partial charge in [0.2, 0.25) is 0 Å². The summed E-state index contributed by atoms with van der Waals surface area (Å²) in [6.45, 7) is 2.69. The van der Waals surface area contributed by atoms with E-state index < -0.39 is 10.8 Å². The topological polar surface area (TPSA) is 80.9 Å². The van der Waals surface area contributed by atoms with E-state index in [9.17, 15) is 4.21 Å². The Kier molecular flexibility index (Phi) is 4.16. The van der Waals surface area contributed by atoms with Gasteiger partial charge in [0.1, 0.15) is 17.5 Å². The first kappa shape index (κ1) is 13.3. The molecule has 0 radical (unpaired) electrons. The predicted octanol–water partition coefficient (Wildman–Crippen LogP) is 1.43. The maximum Gasteiger partial charge on any atom is 0.136 e. The summed E-state index contributed by atoms with van der Waals surface area (Å²) in [4.78, 5) is 8.86. The lowest BCUT2D eigenvalue weighted by molar-refractivity contribution is 0.685. The minimum Gasteiger partial charge on any atom is -0.383 e. The summed E-state index contributed by atoms with van der Waals surface area (Å²) in [5.41, 5.74) is 6.80. The van der Waals surface area contributed by atoms with Gasteiger partial charge in [-0.15, -0.1) is 0 Å². The van der Waals surface area contributed by atoms with E-state index in [0.717, 1.165) is 43.0 Å². The van der Waals surface area contributed by atoms with Crippen LogP contribution < -0.4 is 11.1 Å². The summed E-state index contributed by atoms with van der Waals surface area (Å²) in [5, 5.41) is 3.27. The Morgan fingerprint density at radius 3 is 2.78 bits per heavy atom. The fourth-order valence-corrected chi connectivity index (χ4v) is 2.28. The van der Waals surface area contributed by atoms with Gasteiger partial charge < -0.3 is 11.1 Å². The molecule has 1 aliphatic carbocycles. The Morgan fingerprint density at radius 1 is 1.44 bits per heavy atom. The molecule has 2 rings (SSSR count). The van der Waals surface area contributed by atoms with Gasteiger partial charge in [-0.2, -0.15) is 0 Å². The van der Waals surface area contributed by atoms with Crippen LogP contribution in [0.4, 0.5) is 11.6 Å². The highest BCUT2D eigenvalue weighted by Crippen LogP contribution is 2.39. The van der Waals surface area contributed by atoms with Crippen molar-refractivity contribution in [2.24, 2.45) is 0 Å². The van der Waals surface area contributed by atoms with Gasteiger partial charge in [0.15, 0.2) is 0 Å². The minimum atomic E-state index is -0.732. The quantitative estimate of drug-likeness (QED) is 0.763. The molecule has 1 heterocycles. The summed E-state index contributed by atoms with van der Waals surface area (Å²) < 4.78 is 11.0. The van der Waals surface area contributed by atoms with Crippen LogP contribution in [0.25, 0.3) is 0 Å². The van der Waals surface area contributed by atoms with E-state index >= 15 is 0 Å². The zero-order valence-electron chi connectivity index (χ0n) is 10.9. The molecule has 1 saturated carbocycles. The second-order valence-corrected chi connectivity index (χ2v) is 6.33. The normalized spacial score (nSPS) is 16.6. The summed E-state index contributed by atoms with van der Waals surface area (Å²) in [5.74, 6) is 3.46. The second kappa shape index (κ2) is 5.65. The molecule has 0 saturated heterocycles. The molecule has 1 aliphatic rings. The Balaban J connectivity index is 1.99. The van der Waals surface area contributed by atoms with Crippen molar-refractivity contribution in [3.05, 3.63) is 11.4 Å². The first-order valence-electron chi connectivity index (χ1n) is 6.26. The van der Waals surface area contributed by atoms with Gasteiger partial charge in [-0.3, -0.25) is 4.21 Å². The highest BCUT2D eigenvalue weighted by atomic mass is 32.2. The molecule has 5 nitrogen and oxygen atoms in total. The zero-order valence-corrected chi connectivity index (χ0v) is 11.7. The standard InChI is InChI=1S/C12H20N4OS/c1-8-10(13)15-12(9-4-5-9)16-11(8)14-6-3-7-18(2)17/h9H,3-7H2,1-2H3,(H3,13,14,15,16). The average Bonchev–Trinajstić information content (AvgIpc) is 3.13. The fraction of sp³-hybridized carbons (Fsp3) is 0.667. The molecule has 1 aromatic heterocycles. The van der Waals surface area contributed by atoms with Gasteiger partial charge in [0, 0.05) is 40.8 Å². The zero-order chi connectivity index (χ0) is 13.1. The van der Waals surface area contributed by atoms with Crippen LogP contribution >= 0.6 is 0 Å². The fourth-order valence-electron chi connectivity index (χ4n) is 1.73. The van der Waals surface area contributed by atoms with E-state index in [2.05, 4.69) is 15.3 Å². The Labute approximate surface area is 110 Å². The van der Waals surface area contributed by atoms with Gasteiger partial charge in [0.05, 0.1) is 0 Å². The predicted molar refractivity (Wildman–Crippen MR) is 75.2 cm³/mol. The summed E-state index contributed by atoms with van der Waals surface area (Å²) in [6, 6.07) is 0. The van der Waals surface area contributed by atoms with Crippen LogP contribution in [0.2, 0.25) is 0 Å². The molecule has 1 atom stereocenters. The molecule has 0 aromatic carbocycles. The number of anilines is 2. The van der Waals surface area contributed by atoms with Crippen molar-refractivity contribution in [3.8, 4) is 0 Å². The SMILES string of the molecule is Cc1c(N)nc(C2CC2)nc1NCCCS(C)=O. The molecule has 6 heteroatoms. The van der Waals surface area contributed by atoms with Crippen LogP contribution in [0.3, 0.4) is 0 Å². The van der Waals surface area contributed by atoms with Crippen molar-refractivity contribution in [2.45, 2.75) is 32.1 Å². The molecule has 0 bridgehead atoms. The lowest BCUT2D eigenvalue weighted by atomic mass is 10.3. The second-order valence-electron chi connectivity index (χ2n) is 4.77. The highest BCUT2D eigenvalue weighted by molar-refractivity contribution is 7.84. The van der Waals surface area contributed by atoms with E-state index in [1.165, 1.54) is 0 Å². The smallest absolute Gasteiger partial charge is 0.136 e. The first-order valence-corrected chi connectivity index (χ1v) is 7.98. The molecule has 3 N–H and O–H groups in total. The number of nitrogens with zero attached hydrogens (tertiary/aromatic N) is 2. The van der Waals surface area contributed by atoms with Gasteiger partial charge in [-0.05, 0) is 26.2 Å². The van der Waals surface area contributed by atoms with Crippen molar-refractivity contribution in [1.82, 2.24) is 9.97 Å². The van der Waals surface area contributed by atoms with Gasteiger partial charge in [-0.25, -0.2) is 9.97 Å². The maximum atomic E-state index is 11.0. The van der Waals surface area contributed by atoms with E-state index in [0.29, 0.717) is 17.5 Å². The lowest BCUT2D eigenvalue weighted by Crippen LogP contribution is -2.11. The third-order valence-electron chi connectivity index (χ3n) is 3.04. The van der Waals surface area contributed by atoms with Crippen LogP contribution in [0, 0.1) is 6.92 Å². The molecule has 0 amide bonds. The number of hydrogen-bond acceptors (Lipinski definition) is 5. The minimum absolute atomic E-state index is 0.497. The number of nitrogens with one attached hydrogen (secondary N) is 1. The monoisotopic (exact) mass is 268 g/mol. The molecule has 0 spiro atoms. The van der Waals surface area contributed by atoms with Gasteiger partial charge >= 0.3 is 0 Å². The lowest BCUT2D eigenvalue weighted by Gasteiger charge is -2.11. The summed E-state index contributed by atoms with van der Waals surface area (Å²) in [7, 11) is -0.732. The molecule has 1 unspecified atom stereocenters. The molecule has 0 aliphatic heterocycles. The molecular formula is C12H20N4OS. The van der Waals surface area contributed by atoms with Crippen molar-refractivity contribution in [2.75, 3.05) is 29.6 Å². The third-order valence-corrected chi connectivity index (χ3v) is 3.91. The highest BCUT2D eigenvalue weighted by Gasteiger charge is 2.27. The van der Waals surface area contributed by atoms with Crippen molar-refractivity contribution in [1.29, 1.82) is 0 Å². The largest absolute Gasteiger partial charge is 0.383 e. The van der Waals surface area contributed by atoms with Crippen molar-refractivity contribution >= 4 is 22.4 Å². The first-order chi connectivity index (χ1) is 8.58. The van der Waals surface area contributed by atoms with E-state index in [1.54, 1.807) is 6.26 Å². The van der Waals surface area contributed by atoms with Crippen LogP contribution in [-0.2, 0) is 10.8 Å². The Hall–Kier alpha value is -1.17. The van der Waals surface area contributed by atoms with Crippen LogP contribution in [0.5, 0.6) is 0 Å². The Morgan fingerprint density at radius 2 is 2.17 bits per heavy atom. The van der Waals surface area contributed by atoms with E-state index in [4.69, 9.17) is 5.73 Å². The number of hydrogen-bond donors (Lipinski definition) is 2. The number of aromatic nitrogens is 2. The van der Waals surface area contributed by atoms with Gasteiger partial charge in [-0.1, -0.05) is 0 Å². The molecule has 18 heavy (non-hydrogen) atoms. The molecule has 1 fully saturated rings. The van der Waals surface area contributed by atoms with Gasteiger partial charge in [0.25, 0.3) is 0 Å². The summed E-state index contributed by atoms with van der Waals surface area (Å²) >= 11 is 0. The average molecular weight is 268 g/mol. The van der Waals surface area contributed by atoms with Crippen LogP contribution in [0.15, 0.2) is 0 Å². The molecular weight excluding hydrogens is 248 g/mol. The van der Waals surface area contributed by atoms with Crippen molar-refractivity contribution < 1.29 is 4.21 Å². The number of rotatable bonds is 6. The van der Waals surface area contributed by atoms with E-state index in [-0.39, 0.29) is 0 Å². The maximum absolute atomic E-state index is 11.0. The Bertz CT molecular complexity index is 460. The summed E-state index contributed by atoms with van der Waals surface area (Å²) in [6.07, 6.45) is 4.91. The number of nitrogens with two attached hydrogens (primary N) is 1. The van der Waals surface area contributed by atoms with Crippen LogP contribution in [0.1, 0.15) is 36.6 Å². The molecule has 100 valence electrons. The van der Waals surface area contributed by atoms with Crippen molar-refractivity contribution in [3.63, 3.8) is 0 Å². The third kappa shape index (κ3) is 3.41. The molecule has 1 aromatic rings. The van der Waals surface area contributed by atoms with Crippen LogP contribution in [-0.4, -0.2) is 32.7 Å². The number of nitrogen functional groups attached to an aromatic ring is 1.